The van der Waals surface area contributed by atoms with E-state index in [0.717, 1.165) is 12.1 Å². The molecular weight excluding hydrogens is 229 g/mol. The predicted octanol–water partition coefficient (Wildman–Crippen LogP) is 1.95. The minimum atomic E-state index is -4.97. The zero-order valence-electron chi connectivity index (χ0n) is 7.82. The number of halogens is 3. The molecule has 8 heteroatoms. The molecule has 0 saturated carbocycles. The van der Waals surface area contributed by atoms with Gasteiger partial charge in [0.2, 0.25) is 5.75 Å². The van der Waals surface area contributed by atoms with Crippen LogP contribution in [0.25, 0.3) is 0 Å². The van der Waals surface area contributed by atoms with E-state index in [-0.39, 0.29) is 6.54 Å². The molecule has 0 amide bonds. The second kappa shape index (κ2) is 4.35. The summed E-state index contributed by atoms with van der Waals surface area (Å²) in [7, 11) is 0. The van der Waals surface area contributed by atoms with Gasteiger partial charge in [-0.25, -0.2) is 0 Å². The molecule has 0 saturated heterocycles. The van der Waals surface area contributed by atoms with Crippen LogP contribution in [0.5, 0.6) is 5.75 Å². The molecule has 0 bridgehead atoms. The Morgan fingerprint density at radius 3 is 2.50 bits per heavy atom. The fraction of sp³-hybridized carbons (Fsp3) is 0.250. The quantitative estimate of drug-likeness (QED) is 0.642. The van der Waals surface area contributed by atoms with Gasteiger partial charge in [-0.15, -0.1) is 13.2 Å². The van der Waals surface area contributed by atoms with Crippen molar-refractivity contribution in [3.05, 3.63) is 33.9 Å². The van der Waals surface area contributed by atoms with Crippen LogP contribution in [0, 0.1) is 10.1 Å². The number of benzene rings is 1. The fourth-order valence-corrected chi connectivity index (χ4v) is 1.04. The van der Waals surface area contributed by atoms with E-state index in [1.165, 1.54) is 6.07 Å². The fourth-order valence-electron chi connectivity index (χ4n) is 1.04. The van der Waals surface area contributed by atoms with Crippen LogP contribution in [-0.4, -0.2) is 11.3 Å². The first-order valence-corrected chi connectivity index (χ1v) is 4.06. The van der Waals surface area contributed by atoms with Crippen molar-refractivity contribution in [1.82, 2.24) is 0 Å². The number of nitrogens with zero attached hydrogens (tertiary/aromatic N) is 1. The van der Waals surface area contributed by atoms with E-state index in [9.17, 15) is 23.3 Å². The van der Waals surface area contributed by atoms with Crippen LogP contribution in [-0.2, 0) is 6.54 Å². The van der Waals surface area contributed by atoms with Crippen molar-refractivity contribution >= 4 is 5.69 Å². The lowest BCUT2D eigenvalue weighted by Gasteiger charge is -2.09. The Hall–Kier alpha value is -1.83. The van der Waals surface area contributed by atoms with Gasteiger partial charge in [0, 0.05) is 12.6 Å². The molecule has 0 spiro atoms. The molecule has 16 heavy (non-hydrogen) atoms. The molecule has 0 aliphatic heterocycles. The number of nitro benzene ring substituents is 1. The van der Waals surface area contributed by atoms with Gasteiger partial charge in [-0.3, -0.25) is 10.1 Å². The van der Waals surface area contributed by atoms with Crippen molar-refractivity contribution in [3.8, 4) is 5.75 Å². The highest BCUT2D eigenvalue weighted by Crippen LogP contribution is 2.32. The largest absolute Gasteiger partial charge is 0.573 e. The smallest absolute Gasteiger partial charge is 0.398 e. The van der Waals surface area contributed by atoms with Crippen molar-refractivity contribution in [2.24, 2.45) is 5.73 Å². The number of alkyl halides is 3. The van der Waals surface area contributed by atoms with Gasteiger partial charge < -0.3 is 10.5 Å². The topological polar surface area (TPSA) is 78.4 Å². The van der Waals surface area contributed by atoms with Gasteiger partial charge in [-0.05, 0) is 11.6 Å². The Morgan fingerprint density at radius 2 is 2.06 bits per heavy atom. The molecule has 0 aromatic heterocycles. The first-order valence-electron chi connectivity index (χ1n) is 4.06. The normalized spacial score (nSPS) is 11.2. The molecule has 0 atom stereocenters. The van der Waals surface area contributed by atoms with E-state index in [1.54, 1.807) is 0 Å². The zero-order chi connectivity index (χ0) is 12.3. The maximum atomic E-state index is 11.9. The van der Waals surface area contributed by atoms with E-state index in [2.05, 4.69) is 4.74 Å². The van der Waals surface area contributed by atoms with E-state index in [1.807, 2.05) is 0 Å². The van der Waals surface area contributed by atoms with Gasteiger partial charge in [0.1, 0.15) is 0 Å². The van der Waals surface area contributed by atoms with Gasteiger partial charge >= 0.3 is 12.0 Å². The van der Waals surface area contributed by atoms with Crippen LogP contribution in [0.1, 0.15) is 5.56 Å². The molecule has 1 aromatic carbocycles. The van der Waals surface area contributed by atoms with Gasteiger partial charge in [0.15, 0.2) is 0 Å². The van der Waals surface area contributed by atoms with Gasteiger partial charge in [-0.1, -0.05) is 6.07 Å². The van der Waals surface area contributed by atoms with Crippen LogP contribution in [0.2, 0.25) is 0 Å². The van der Waals surface area contributed by atoms with Crippen molar-refractivity contribution in [2.45, 2.75) is 12.9 Å². The zero-order valence-corrected chi connectivity index (χ0v) is 7.82. The minimum absolute atomic E-state index is 0.0355. The number of hydrogen-bond acceptors (Lipinski definition) is 4. The highest BCUT2D eigenvalue weighted by atomic mass is 19.4. The summed E-state index contributed by atoms with van der Waals surface area (Å²) < 4.78 is 39.4. The Morgan fingerprint density at radius 1 is 1.44 bits per heavy atom. The maximum absolute atomic E-state index is 11.9. The molecule has 0 aliphatic rings. The van der Waals surface area contributed by atoms with E-state index in [0.29, 0.717) is 5.56 Å². The number of rotatable bonds is 3. The second-order valence-electron chi connectivity index (χ2n) is 2.81. The third-order valence-electron chi connectivity index (χ3n) is 1.68. The molecule has 2 N–H and O–H groups in total. The van der Waals surface area contributed by atoms with Crippen LogP contribution >= 0.6 is 0 Å². The first-order chi connectivity index (χ1) is 7.33. The van der Waals surface area contributed by atoms with Crippen molar-refractivity contribution in [2.75, 3.05) is 0 Å². The number of hydrogen-bond donors (Lipinski definition) is 1. The van der Waals surface area contributed by atoms with Gasteiger partial charge in [0.25, 0.3) is 0 Å². The molecule has 5 nitrogen and oxygen atoms in total. The van der Waals surface area contributed by atoms with Crippen molar-refractivity contribution in [1.29, 1.82) is 0 Å². The lowest BCUT2D eigenvalue weighted by Crippen LogP contribution is -2.18. The third-order valence-corrected chi connectivity index (χ3v) is 1.68. The summed E-state index contributed by atoms with van der Waals surface area (Å²) >= 11 is 0. The molecule has 88 valence electrons. The summed E-state index contributed by atoms with van der Waals surface area (Å²) in [5.41, 5.74) is 4.76. The van der Waals surface area contributed by atoms with Crippen LogP contribution in [0.4, 0.5) is 18.9 Å². The van der Waals surface area contributed by atoms with E-state index >= 15 is 0 Å². The monoisotopic (exact) mass is 236 g/mol. The SMILES string of the molecule is NCc1ccc([N+](=O)[O-])c(OC(F)(F)F)c1. The summed E-state index contributed by atoms with van der Waals surface area (Å²) in [6.07, 6.45) is -4.97. The van der Waals surface area contributed by atoms with Crippen LogP contribution in [0.3, 0.4) is 0 Å². The Balaban J connectivity index is 3.15. The number of nitrogens with two attached hydrogens (primary N) is 1. The average Bonchev–Trinajstić information content (AvgIpc) is 2.14. The summed E-state index contributed by atoms with van der Waals surface area (Å²) in [4.78, 5) is 9.48. The molecule has 0 radical (unpaired) electrons. The standard InChI is InChI=1S/C8H7F3N2O3/c9-8(10,11)16-7-3-5(4-12)1-2-6(7)13(14)15/h1-3H,4,12H2. The molecule has 0 fully saturated rings. The third kappa shape index (κ3) is 3.09. The predicted molar refractivity (Wildman–Crippen MR) is 47.7 cm³/mol. The second-order valence-corrected chi connectivity index (χ2v) is 2.81. The van der Waals surface area contributed by atoms with Gasteiger partial charge in [0.05, 0.1) is 4.92 Å². The highest BCUT2D eigenvalue weighted by molar-refractivity contribution is 5.48. The van der Waals surface area contributed by atoms with Crippen LogP contribution in [0.15, 0.2) is 18.2 Å². The van der Waals surface area contributed by atoms with Gasteiger partial charge in [-0.2, -0.15) is 0 Å². The van der Waals surface area contributed by atoms with Crippen molar-refractivity contribution in [3.63, 3.8) is 0 Å². The van der Waals surface area contributed by atoms with Crippen LogP contribution < -0.4 is 10.5 Å². The Labute approximate surface area is 87.8 Å². The summed E-state index contributed by atoms with van der Waals surface area (Å²) in [5, 5.41) is 10.4. The molecule has 1 aromatic rings. The number of ether oxygens (including phenoxy) is 1. The lowest BCUT2D eigenvalue weighted by atomic mass is 10.2. The maximum Gasteiger partial charge on any atom is 0.573 e. The average molecular weight is 236 g/mol. The molecule has 0 heterocycles. The highest BCUT2D eigenvalue weighted by Gasteiger charge is 2.34. The summed E-state index contributed by atoms with van der Waals surface area (Å²) in [5.74, 6) is -0.861. The molecule has 0 unspecified atom stereocenters. The number of nitro groups is 1. The molecular formula is C8H7F3N2O3. The molecule has 1 rings (SSSR count). The summed E-state index contributed by atoms with van der Waals surface area (Å²) in [6, 6.07) is 3.08. The Kier molecular flexibility index (Phi) is 3.33. The Bertz CT molecular complexity index is 406. The molecule has 0 aliphatic carbocycles. The van der Waals surface area contributed by atoms with Crippen molar-refractivity contribution < 1.29 is 22.8 Å². The lowest BCUT2D eigenvalue weighted by molar-refractivity contribution is -0.388. The minimum Gasteiger partial charge on any atom is -0.398 e. The summed E-state index contributed by atoms with van der Waals surface area (Å²) in [6.45, 7) is -0.0355. The van der Waals surface area contributed by atoms with E-state index in [4.69, 9.17) is 5.73 Å². The van der Waals surface area contributed by atoms with E-state index < -0.39 is 22.7 Å². The first kappa shape index (κ1) is 12.2.